The molecule has 0 aliphatic heterocycles. The average Bonchev–Trinajstić information content (AvgIpc) is 2.39. The van der Waals surface area contributed by atoms with E-state index in [0.717, 1.165) is 11.1 Å². The van der Waals surface area contributed by atoms with E-state index in [1.165, 1.54) is 6.07 Å². The number of anilines is 1. The number of hydrogen-bond acceptors (Lipinski definition) is 2. The lowest BCUT2D eigenvalue weighted by Gasteiger charge is -2.11. The molecular weight excluding hydrogens is 263 g/mol. The smallest absolute Gasteiger partial charge is 0.146 e. The van der Waals surface area contributed by atoms with Gasteiger partial charge in [-0.05, 0) is 36.2 Å². The maximum Gasteiger partial charge on any atom is 0.146 e. The second-order valence-corrected chi connectivity index (χ2v) is 4.61. The van der Waals surface area contributed by atoms with E-state index in [4.69, 9.17) is 16.9 Å². The van der Waals surface area contributed by atoms with Crippen LogP contribution in [-0.4, -0.2) is 0 Å². The van der Waals surface area contributed by atoms with E-state index >= 15 is 0 Å². The number of para-hydroxylation sites is 1. The Morgan fingerprint density at radius 2 is 2.11 bits per heavy atom. The number of benzene rings is 2. The van der Waals surface area contributed by atoms with Crippen LogP contribution in [0.1, 0.15) is 16.7 Å². The van der Waals surface area contributed by atoms with Crippen molar-refractivity contribution < 1.29 is 4.39 Å². The summed E-state index contributed by atoms with van der Waals surface area (Å²) in [6, 6.07) is 12.0. The summed E-state index contributed by atoms with van der Waals surface area (Å²) in [5.74, 6) is -0.287. The van der Waals surface area contributed by atoms with Gasteiger partial charge < -0.3 is 5.32 Å². The maximum absolute atomic E-state index is 13.6. The number of nitriles is 1. The van der Waals surface area contributed by atoms with E-state index < -0.39 is 0 Å². The van der Waals surface area contributed by atoms with E-state index in [0.29, 0.717) is 22.8 Å². The third-order valence-electron chi connectivity index (χ3n) is 2.86. The SMILES string of the molecule is Cc1cccc(F)c1NCc1ccc(C#N)cc1Cl. The van der Waals surface area contributed by atoms with E-state index in [2.05, 4.69) is 5.32 Å². The van der Waals surface area contributed by atoms with Crippen molar-refractivity contribution in [2.24, 2.45) is 0 Å². The van der Waals surface area contributed by atoms with Gasteiger partial charge in [0.05, 0.1) is 17.3 Å². The Balaban J connectivity index is 2.17. The molecule has 0 saturated carbocycles. The predicted molar refractivity (Wildman–Crippen MR) is 74.6 cm³/mol. The van der Waals surface area contributed by atoms with Gasteiger partial charge in [-0.15, -0.1) is 0 Å². The molecule has 0 aliphatic rings. The Labute approximate surface area is 116 Å². The van der Waals surface area contributed by atoms with Crippen LogP contribution in [0.5, 0.6) is 0 Å². The van der Waals surface area contributed by atoms with Gasteiger partial charge in [-0.3, -0.25) is 0 Å². The number of nitrogens with one attached hydrogen (secondary N) is 1. The first-order valence-electron chi connectivity index (χ1n) is 5.79. The Bertz CT molecular complexity index is 627. The molecule has 2 aromatic carbocycles. The molecule has 0 bridgehead atoms. The average molecular weight is 275 g/mol. The Morgan fingerprint density at radius 1 is 1.32 bits per heavy atom. The van der Waals surface area contributed by atoms with Crippen molar-refractivity contribution >= 4 is 17.3 Å². The summed E-state index contributed by atoms with van der Waals surface area (Å²) in [6.07, 6.45) is 0. The fraction of sp³-hybridized carbons (Fsp3) is 0.133. The van der Waals surface area contributed by atoms with Crippen LogP contribution in [0, 0.1) is 24.1 Å². The molecule has 0 unspecified atom stereocenters. The quantitative estimate of drug-likeness (QED) is 0.907. The molecular formula is C15H12ClFN2. The molecule has 0 saturated heterocycles. The van der Waals surface area contributed by atoms with Gasteiger partial charge in [0.1, 0.15) is 5.82 Å². The maximum atomic E-state index is 13.6. The normalized spacial score (nSPS) is 10.0. The summed E-state index contributed by atoms with van der Waals surface area (Å²) in [5, 5.41) is 12.3. The molecule has 0 amide bonds. The molecule has 2 rings (SSSR count). The number of aryl methyl sites for hydroxylation is 1. The summed E-state index contributed by atoms with van der Waals surface area (Å²) in [5.41, 5.74) is 2.65. The minimum absolute atomic E-state index is 0.287. The van der Waals surface area contributed by atoms with Gasteiger partial charge in [0, 0.05) is 11.6 Å². The number of nitrogens with zero attached hydrogens (tertiary/aromatic N) is 1. The highest BCUT2D eigenvalue weighted by Crippen LogP contribution is 2.22. The molecule has 0 aliphatic carbocycles. The molecule has 2 aromatic rings. The summed E-state index contributed by atoms with van der Waals surface area (Å²) in [6.45, 7) is 2.25. The van der Waals surface area contributed by atoms with Crippen LogP contribution in [0.2, 0.25) is 5.02 Å². The topological polar surface area (TPSA) is 35.8 Å². The zero-order chi connectivity index (χ0) is 13.8. The van der Waals surface area contributed by atoms with Gasteiger partial charge in [-0.25, -0.2) is 4.39 Å². The highest BCUT2D eigenvalue weighted by Gasteiger charge is 2.06. The van der Waals surface area contributed by atoms with Gasteiger partial charge in [0.25, 0.3) is 0 Å². The van der Waals surface area contributed by atoms with Crippen molar-refractivity contribution in [2.75, 3.05) is 5.32 Å². The van der Waals surface area contributed by atoms with Crippen molar-refractivity contribution in [3.8, 4) is 6.07 Å². The molecule has 19 heavy (non-hydrogen) atoms. The molecule has 1 N–H and O–H groups in total. The minimum Gasteiger partial charge on any atom is -0.378 e. The molecule has 0 atom stereocenters. The molecule has 0 radical (unpaired) electrons. The number of halogens is 2. The highest BCUT2D eigenvalue weighted by molar-refractivity contribution is 6.31. The molecule has 4 heteroatoms. The second-order valence-electron chi connectivity index (χ2n) is 4.20. The van der Waals surface area contributed by atoms with Crippen molar-refractivity contribution in [2.45, 2.75) is 13.5 Å². The summed E-state index contributed by atoms with van der Waals surface area (Å²) < 4.78 is 13.6. The number of rotatable bonds is 3. The summed E-state index contributed by atoms with van der Waals surface area (Å²) in [4.78, 5) is 0. The van der Waals surface area contributed by atoms with Crippen molar-refractivity contribution in [1.29, 1.82) is 5.26 Å². The molecule has 0 spiro atoms. The van der Waals surface area contributed by atoms with E-state index in [1.807, 2.05) is 19.1 Å². The van der Waals surface area contributed by atoms with Gasteiger partial charge in [0.15, 0.2) is 0 Å². The van der Waals surface area contributed by atoms with Crippen LogP contribution < -0.4 is 5.32 Å². The Kier molecular flexibility index (Phi) is 4.03. The molecule has 0 heterocycles. The van der Waals surface area contributed by atoms with Crippen LogP contribution in [-0.2, 0) is 6.54 Å². The molecule has 96 valence electrons. The monoisotopic (exact) mass is 274 g/mol. The van der Waals surface area contributed by atoms with Crippen molar-refractivity contribution in [3.63, 3.8) is 0 Å². The zero-order valence-electron chi connectivity index (χ0n) is 10.4. The minimum atomic E-state index is -0.287. The number of hydrogen-bond donors (Lipinski definition) is 1. The van der Waals surface area contributed by atoms with Crippen molar-refractivity contribution in [3.05, 3.63) is 63.9 Å². The van der Waals surface area contributed by atoms with Crippen LogP contribution in [0.25, 0.3) is 0 Å². The van der Waals surface area contributed by atoms with Gasteiger partial charge in [-0.1, -0.05) is 29.8 Å². The Morgan fingerprint density at radius 3 is 2.74 bits per heavy atom. The summed E-state index contributed by atoms with van der Waals surface area (Å²) >= 11 is 6.07. The Hall–Kier alpha value is -2.05. The fourth-order valence-electron chi connectivity index (χ4n) is 1.80. The first kappa shape index (κ1) is 13.4. The second kappa shape index (κ2) is 5.73. The van der Waals surface area contributed by atoms with Crippen LogP contribution in [0.15, 0.2) is 36.4 Å². The lowest BCUT2D eigenvalue weighted by atomic mass is 10.1. The van der Waals surface area contributed by atoms with E-state index in [1.54, 1.807) is 24.3 Å². The van der Waals surface area contributed by atoms with Crippen molar-refractivity contribution in [1.82, 2.24) is 0 Å². The lowest BCUT2D eigenvalue weighted by molar-refractivity contribution is 0.629. The molecule has 2 nitrogen and oxygen atoms in total. The third-order valence-corrected chi connectivity index (χ3v) is 3.21. The first-order valence-corrected chi connectivity index (χ1v) is 6.17. The summed E-state index contributed by atoms with van der Waals surface area (Å²) in [7, 11) is 0. The van der Waals surface area contributed by atoms with Crippen LogP contribution >= 0.6 is 11.6 Å². The third kappa shape index (κ3) is 3.04. The van der Waals surface area contributed by atoms with Gasteiger partial charge in [0.2, 0.25) is 0 Å². The van der Waals surface area contributed by atoms with Crippen LogP contribution in [0.3, 0.4) is 0 Å². The van der Waals surface area contributed by atoms with E-state index in [9.17, 15) is 4.39 Å². The van der Waals surface area contributed by atoms with Crippen LogP contribution in [0.4, 0.5) is 10.1 Å². The van der Waals surface area contributed by atoms with Gasteiger partial charge in [-0.2, -0.15) is 5.26 Å². The van der Waals surface area contributed by atoms with Gasteiger partial charge >= 0.3 is 0 Å². The first-order chi connectivity index (χ1) is 9.11. The molecule has 0 fully saturated rings. The predicted octanol–water partition coefficient (Wildman–Crippen LogP) is 4.27. The zero-order valence-corrected chi connectivity index (χ0v) is 11.1. The standard InChI is InChI=1S/C15H12ClFN2/c1-10-3-2-4-14(17)15(10)19-9-12-6-5-11(8-18)7-13(12)16/h2-7,19H,9H2,1H3. The van der Waals surface area contributed by atoms with E-state index in [-0.39, 0.29) is 5.82 Å². The lowest BCUT2D eigenvalue weighted by Crippen LogP contribution is -2.03. The molecule has 0 aromatic heterocycles. The largest absolute Gasteiger partial charge is 0.378 e. The highest BCUT2D eigenvalue weighted by atomic mass is 35.5. The fourth-order valence-corrected chi connectivity index (χ4v) is 2.05.